The second kappa shape index (κ2) is 41.6. The van der Waals surface area contributed by atoms with Crippen LogP contribution in [0.1, 0.15) is 209 Å². The van der Waals surface area contributed by atoms with Crippen molar-refractivity contribution in [1.82, 2.24) is 20.4 Å². The van der Waals surface area contributed by atoms with E-state index in [0.29, 0.717) is 88.9 Å². The maximum Gasteiger partial charge on any atom is 0.339 e. The Morgan fingerprint density at radius 3 is 1.61 bits per heavy atom. The van der Waals surface area contributed by atoms with Crippen LogP contribution in [0.25, 0.3) is 0 Å². The van der Waals surface area contributed by atoms with Crippen LogP contribution in [0.2, 0.25) is 10.0 Å². The number of rotatable bonds is 19. The Hall–Kier alpha value is -8.14. The number of nitrogens with one attached hydrogen (secondary N) is 2. The highest BCUT2D eigenvalue weighted by molar-refractivity contribution is 6.33. The fourth-order valence-electron chi connectivity index (χ4n) is 15.2. The number of ether oxygens (including phenoxy) is 2. The number of allylic oxidation sites excluding steroid dienone is 10. The quantitative estimate of drug-likeness (QED) is 0.0226. The van der Waals surface area contributed by atoms with Crippen LogP contribution in [0.5, 0.6) is 0 Å². The van der Waals surface area contributed by atoms with Gasteiger partial charge in [0.1, 0.15) is 19.3 Å². The molecule has 0 radical (unpaired) electrons. The number of amides is 4. The number of piperidine rings is 2. The zero-order chi connectivity index (χ0) is 76.6. The van der Waals surface area contributed by atoms with Gasteiger partial charge in [0.15, 0.2) is 18.9 Å². The molecule has 0 saturated carbocycles. The van der Waals surface area contributed by atoms with E-state index in [4.69, 9.17) is 42.4 Å². The third-order valence-corrected chi connectivity index (χ3v) is 22.0. The number of nitrogens with zero attached hydrogens (tertiary/aromatic N) is 6. The molecule has 0 spiro atoms. The molecular weight excluding hydrogens is 1510 g/mol. The highest BCUT2D eigenvalue weighted by atomic mass is 127. The molecule has 18 nitrogen and oxygen atoms in total. The van der Waals surface area contributed by atoms with Crippen molar-refractivity contribution < 1.29 is 76.5 Å². The van der Waals surface area contributed by atoms with E-state index >= 15 is 0 Å². The summed E-state index contributed by atoms with van der Waals surface area (Å²) >= 11 is 13.7. The molecule has 10 rings (SSSR count). The first-order valence-corrected chi connectivity index (χ1v) is 39.2. The molecule has 4 amide bonds. The molecule has 4 aromatic rings. The van der Waals surface area contributed by atoms with E-state index in [-0.39, 0.29) is 84.5 Å². The number of esters is 2. The molecule has 21 heteroatoms. The van der Waals surface area contributed by atoms with Gasteiger partial charge in [-0.15, -0.1) is 0 Å². The standard InChI is InChI=1S/C57H70ClN5O5.C30H40ClN3O5.HI/c1-40-37-41(2)54(58)44-38-42(60-67-39-52(65)62-34-19-11-20-35-62)23-12-9-8-10-13-24-43(68-55(66)53(40)44)32-33-59-51(64)31-18-21-36-63-48-28-17-15-26-46(48)57(5,6)50(63)30-22-29-49-56(3,4)45-25-14-16-27-47(45)61(49)7;1-21-18-22(2)29(31)26-19-24(33-38-20-27(36)34-16-10-7-11-17-34)12-8-5-4-6-9-13-25(14-15-32-23(3)35)39-30(37)28(21)26;/h10,12-17,22-23,25-30,37,43H,8-9,11,18-21,24,31-36,38-39H2,1-7H3;6,8-9,12,18,25H,4-5,7,10-11,13-17,19-20H2,1-3H3,(H,32,35);1H/b13-10+,23-12+,60-42?;9-6+,12-8+,33-24?;. The minimum absolute atomic E-state index is 0. The third-order valence-electron chi connectivity index (χ3n) is 21.0. The normalized spacial score (nSPS) is 21.1. The fraction of sp³-hybridized carbons (Fsp3) is 0.483. The van der Waals surface area contributed by atoms with Crippen molar-refractivity contribution in [3.63, 3.8) is 0 Å². The molecule has 2 atom stereocenters. The maximum atomic E-state index is 14.1. The number of unbranched alkanes of at least 4 members (excludes halogenated alkanes) is 1. The van der Waals surface area contributed by atoms with Gasteiger partial charge >= 0.3 is 11.9 Å². The van der Waals surface area contributed by atoms with Crippen LogP contribution in [-0.4, -0.2) is 145 Å². The van der Waals surface area contributed by atoms with Crippen LogP contribution >= 0.6 is 23.2 Å². The Bertz CT molecular complexity index is 4150. The largest absolute Gasteiger partial charge is 1.00 e. The summed E-state index contributed by atoms with van der Waals surface area (Å²) < 4.78 is 14.5. The SMILES string of the molecule is CC(=O)NCCC1C/C=C/CC/C=C/C(=NOCC(=O)N2CCCCC2)Cc2c(Cl)c(C)cc(C)c2C(=O)O1.Cc1cc(C)c2c(c1Cl)CC(=NOCC(=O)N1CCCCC1)/C=C/CC/C=C/CC(CCNC(=O)CCCCN1/C(=C/C=C/C3=[N+](C)c4ccccc4C3(C)C)C(C)(C)c3ccccc31)OC2=O.[I-]. The van der Waals surface area contributed by atoms with Crippen LogP contribution < -0.4 is 39.5 Å². The molecular formula is C87H111Cl2IN8O10. The lowest BCUT2D eigenvalue weighted by atomic mass is 9.81. The first-order chi connectivity index (χ1) is 51.4. The molecule has 2 N–H and O–H groups in total. The lowest BCUT2D eigenvalue weighted by Gasteiger charge is -2.27. The number of aryl methyl sites for hydroxylation is 4. The van der Waals surface area contributed by atoms with Crippen LogP contribution in [0.3, 0.4) is 0 Å². The molecule has 2 saturated heterocycles. The zero-order valence-electron chi connectivity index (χ0n) is 65.0. The molecule has 0 aromatic heterocycles. The summed E-state index contributed by atoms with van der Waals surface area (Å²) in [5.41, 5.74) is 13.6. The maximum absolute atomic E-state index is 14.1. The molecule has 6 aliphatic rings. The van der Waals surface area contributed by atoms with Crippen molar-refractivity contribution in [2.45, 2.75) is 207 Å². The van der Waals surface area contributed by atoms with Gasteiger partial charge in [0.25, 0.3) is 11.8 Å². The number of fused-ring (bicyclic) bond motifs is 4. The van der Waals surface area contributed by atoms with Gasteiger partial charge in [-0.2, -0.15) is 4.58 Å². The lowest BCUT2D eigenvalue weighted by molar-refractivity contribution is -0.401. The van der Waals surface area contributed by atoms with Crippen molar-refractivity contribution in [2.75, 3.05) is 71.0 Å². The Balaban J connectivity index is 0.000000312. The number of oxime groups is 2. The van der Waals surface area contributed by atoms with Gasteiger partial charge in [-0.1, -0.05) is 138 Å². The number of cyclic esters (lactones) is 2. The summed E-state index contributed by atoms with van der Waals surface area (Å²) in [5.74, 6) is -1.24. The van der Waals surface area contributed by atoms with Crippen molar-refractivity contribution >= 4 is 87.3 Å². The molecule has 6 heterocycles. The van der Waals surface area contributed by atoms with Crippen molar-refractivity contribution in [3.8, 4) is 0 Å². The predicted molar refractivity (Wildman–Crippen MR) is 429 cm³/mol. The minimum atomic E-state index is -0.472. The molecule has 6 aliphatic heterocycles. The highest BCUT2D eigenvalue weighted by Crippen LogP contribution is 2.48. The summed E-state index contributed by atoms with van der Waals surface area (Å²) in [7, 11) is 2.15. The van der Waals surface area contributed by atoms with E-state index in [1.54, 1.807) is 0 Å². The van der Waals surface area contributed by atoms with Crippen molar-refractivity contribution in [3.05, 3.63) is 199 Å². The first kappa shape index (κ1) is 85.5. The Labute approximate surface area is 667 Å². The van der Waals surface area contributed by atoms with Gasteiger partial charge < -0.3 is 68.5 Å². The van der Waals surface area contributed by atoms with E-state index in [9.17, 15) is 28.8 Å². The summed E-state index contributed by atoms with van der Waals surface area (Å²) in [5, 5.41) is 15.5. The highest BCUT2D eigenvalue weighted by Gasteiger charge is 2.43. The second-order valence-corrected chi connectivity index (χ2v) is 30.6. The number of halogens is 3. The number of carbonyl (C=O) groups is 6. The summed E-state index contributed by atoms with van der Waals surface area (Å²) in [6, 6.07) is 21.1. The van der Waals surface area contributed by atoms with Gasteiger partial charge in [0.05, 0.1) is 28.0 Å². The minimum Gasteiger partial charge on any atom is -1.00 e. The summed E-state index contributed by atoms with van der Waals surface area (Å²) in [6.07, 6.45) is 35.7. The Morgan fingerprint density at radius 2 is 1.10 bits per heavy atom. The molecule has 580 valence electrons. The van der Waals surface area contributed by atoms with Crippen LogP contribution in [0.4, 0.5) is 11.4 Å². The average Bonchev–Trinajstić information content (AvgIpc) is 1.62. The number of carbonyl (C=O) groups excluding carboxylic acids is 6. The number of para-hydroxylation sites is 2. The number of hydrogen-bond acceptors (Lipinski definition) is 13. The first-order valence-electron chi connectivity index (χ1n) is 38.5. The lowest BCUT2D eigenvalue weighted by Crippen LogP contribution is -3.00. The number of hydrogen-bond donors (Lipinski definition) is 2. The van der Waals surface area contributed by atoms with E-state index in [0.717, 1.165) is 132 Å². The monoisotopic (exact) mass is 1620 g/mol. The predicted octanol–water partition coefficient (Wildman–Crippen LogP) is 13.6. The van der Waals surface area contributed by atoms with E-state index in [1.165, 1.54) is 40.8 Å². The Kier molecular flexibility index (Phi) is 32.9. The van der Waals surface area contributed by atoms with Crippen LogP contribution in [0, 0.1) is 27.7 Å². The smallest absolute Gasteiger partial charge is 0.339 e. The van der Waals surface area contributed by atoms with Gasteiger partial charge in [-0.25, -0.2) is 9.59 Å². The van der Waals surface area contributed by atoms with Gasteiger partial charge in [0.2, 0.25) is 17.5 Å². The number of anilines is 1. The topological polar surface area (TPSA) is 201 Å². The third kappa shape index (κ3) is 23.2. The number of likely N-dealkylation sites (tertiary alicyclic amines) is 2. The van der Waals surface area contributed by atoms with E-state index < -0.39 is 24.1 Å². The summed E-state index contributed by atoms with van der Waals surface area (Å²) in [4.78, 5) is 94.8. The molecule has 0 bridgehead atoms. The fourth-order valence-corrected chi connectivity index (χ4v) is 15.6. The summed E-state index contributed by atoms with van der Waals surface area (Å²) in [6.45, 7) is 22.5. The zero-order valence-corrected chi connectivity index (χ0v) is 68.6. The second-order valence-electron chi connectivity index (χ2n) is 29.9. The van der Waals surface area contributed by atoms with Gasteiger partial charge in [-0.3, -0.25) is 19.2 Å². The molecule has 108 heavy (non-hydrogen) atoms. The average molecular weight is 1630 g/mol. The van der Waals surface area contributed by atoms with E-state index in [2.05, 4.69) is 144 Å². The number of benzene rings is 4. The van der Waals surface area contributed by atoms with Gasteiger partial charge in [0, 0.05) is 142 Å². The van der Waals surface area contributed by atoms with E-state index in [1.807, 2.05) is 86.1 Å². The van der Waals surface area contributed by atoms with Crippen molar-refractivity contribution in [2.24, 2.45) is 10.3 Å². The van der Waals surface area contributed by atoms with Gasteiger partial charge in [-0.05, 0) is 182 Å². The molecule has 0 aliphatic carbocycles. The Morgan fingerprint density at radius 1 is 0.620 bits per heavy atom. The van der Waals surface area contributed by atoms with Crippen LogP contribution in [-0.2, 0) is 62.0 Å². The molecule has 2 fully saturated rings. The molecule has 2 unspecified atom stereocenters. The molecule has 4 aromatic carbocycles. The van der Waals surface area contributed by atoms with Crippen molar-refractivity contribution in [1.29, 1.82) is 0 Å². The van der Waals surface area contributed by atoms with Crippen LogP contribution in [0.15, 0.2) is 144 Å².